The molecule has 34 heavy (non-hydrogen) atoms. The molecule has 1 unspecified atom stereocenters. The standard InChI is InChI=1S/C24H25F3IN5O/c1-15(13-24(25,26)27)33-21-16(14-29-33)2-5-20(30-21)31-22(34)18-4-3-17(28)12-19(18)32-10-8-23(6-7-23)9-11-32/h2-5,12,14-15H,6-11,13H2,1H3,(H,30,31,34). The average molecular weight is 583 g/mol. The maximum absolute atomic E-state index is 13.3. The van der Waals surface area contributed by atoms with Gasteiger partial charge in [0, 0.05) is 22.0 Å². The first-order valence-electron chi connectivity index (χ1n) is 11.4. The van der Waals surface area contributed by atoms with E-state index in [1.54, 1.807) is 12.1 Å². The molecule has 1 aliphatic heterocycles. The summed E-state index contributed by atoms with van der Waals surface area (Å²) in [5.41, 5.74) is 2.31. The molecule has 180 valence electrons. The lowest BCUT2D eigenvalue weighted by Crippen LogP contribution is -2.35. The van der Waals surface area contributed by atoms with Crippen molar-refractivity contribution in [3.63, 3.8) is 0 Å². The van der Waals surface area contributed by atoms with Crippen LogP contribution in [0, 0.1) is 8.99 Å². The molecule has 2 aliphatic rings. The molecule has 1 saturated carbocycles. The molecule has 1 N–H and O–H groups in total. The maximum Gasteiger partial charge on any atom is 0.391 e. The van der Waals surface area contributed by atoms with Crippen LogP contribution in [0.5, 0.6) is 0 Å². The van der Waals surface area contributed by atoms with Gasteiger partial charge in [0.25, 0.3) is 5.91 Å². The van der Waals surface area contributed by atoms with Crippen molar-refractivity contribution in [2.24, 2.45) is 5.41 Å². The molecular formula is C24H25F3IN5O. The van der Waals surface area contributed by atoms with E-state index in [-0.39, 0.29) is 11.7 Å². The van der Waals surface area contributed by atoms with E-state index < -0.39 is 18.6 Å². The summed E-state index contributed by atoms with van der Waals surface area (Å²) in [6.45, 7) is 3.32. The number of nitrogens with one attached hydrogen (secondary N) is 1. The highest BCUT2D eigenvalue weighted by Crippen LogP contribution is 2.54. The maximum atomic E-state index is 13.3. The lowest BCUT2D eigenvalue weighted by atomic mass is 9.93. The molecule has 0 bridgehead atoms. The molecule has 3 aromatic rings. The van der Waals surface area contributed by atoms with E-state index in [1.165, 1.54) is 30.6 Å². The van der Waals surface area contributed by atoms with Crippen molar-refractivity contribution in [1.82, 2.24) is 14.8 Å². The Kier molecular flexibility index (Phi) is 5.97. The van der Waals surface area contributed by atoms with Gasteiger partial charge in [-0.05, 0) is 90.9 Å². The fraction of sp³-hybridized carbons (Fsp3) is 0.458. The van der Waals surface area contributed by atoms with Crippen molar-refractivity contribution in [3.8, 4) is 0 Å². The van der Waals surface area contributed by atoms with Crippen molar-refractivity contribution in [3.05, 3.63) is 45.7 Å². The zero-order chi connectivity index (χ0) is 24.1. The summed E-state index contributed by atoms with van der Waals surface area (Å²) in [6.07, 6.45) is 1.10. The number of rotatable bonds is 5. The number of carbonyl (C=O) groups is 1. The van der Waals surface area contributed by atoms with Crippen molar-refractivity contribution in [1.29, 1.82) is 0 Å². The van der Waals surface area contributed by atoms with Gasteiger partial charge in [0.1, 0.15) is 5.82 Å². The fourth-order valence-corrected chi connectivity index (χ4v) is 5.25. The molecule has 1 atom stereocenters. The number of alkyl halides is 3. The zero-order valence-electron chi connectivity index (χ0n) is 18.7. The molecule has 1 aromatic carbocycles. The second-order valence-corrected chi connectivity index (χ2v) is 10.7. The second-order valence-electron chi connectivity index (χ2n) is 9.47. The van der Waals surface area contributed by atoms with E-state index in [0.717, 1.165) is 35.2 Å². The summed E-state index contributed by atoms with van der Waals surface area (Å²) in [4.78, 5) is 20.0. The van der Waals surface area contributed by atoms with E-state index >= 15 is 0 Å². The quantitative estimate of drug-likeness (QED) is 0.365. The smallest absolute Gasteiger partial charge is 0.371 e. The molecule has 10 heteroatoms. The van der Waals surface area contributed by atoms with Gasteiger partial charge in [-0.2, -0.15) is 18.3 Å². The van der Waals surface area contributed by atoms with Crippen molar-refractivity contribution in [2.75, 3.05) is 23.3 Å². The van der Waals surface area contributed by atoms with Crippen LogP contribution in [0.3, 0.4) is 0 Å². The molecule has 1 saturated heterocycles. The highest BCUT2D eigenvalue weighted by atomic mass is 127. The van der Waals surface area contributed by atoms with Gasteiger partial charge in [0.05, 0.1) is 29.9 Å². The highest BCUT2D eigenvalue weighted by molar-refractivity contribution is 14.1. The summed E-state index contributed by atoms with van der Waals surface area (Å²) in [7, 11) is 0. The summed E-state index contributed by atoms with van der Waals surface area (Å²) >= 11 is 2.25. The molecule has 2 fully saturated rings. The van der Waals surface area contributed by atoms with E-state index in [2.05, 4.69) is 42.9 Å². The van der Waals surface area contributed by atoms with Gasteiger partial charge in [-0.1, -0.05) is 0 Å². The van der Waals surface area contributed by atoms with Crippen LogP contribution >= 0.6 is 22.6 Å². The molecule has 5 rings (SSSR count). The SMILES string of the molecule is CC(CC(F)(F)F)n1ncc2ccc(NC(=O)c3ccc(I)cc3N3CCC4(CC3)CC4)nc21. The van der Waals surface area contributed by atoms with Crippen LogP contribution in [-0.2, 0) is 0 Å². The molecule has 1 spiro atoms. The number of nitrogens with zero attached hydrogens (tertiary/aromatic N) is 4. The minimum Gasteiger partial charge on any atom is -0.371 e. The van der Waals surface area contributed by atoms with Gasteiger partial charge in [-0.25, -0.2) is 9.67 Å². The van der Waals surface area contributed by atoms with Crippen LogP contribution in [-0.4, -0.2) is 39.9 Å². The first-order chi connectivity index (χ1) is 16.1. The summed E-state index contributed by atoms with van der Waals surface area (Å²) < 4.78 is 41.0. The molecule has 1 aliphatic carbocycles. The van der Waals surface area contributed by atoms with Crippen LogP contribution in [0.4, 0.5) is 24.7 Å². The predicted octanol–water partition coefficient (Wildman–Crippen LogP) is 6.18. The van der Waals surface area contributed by atoms with Crippen LogP contribution in [0.15, 0.2) is 36.5 Å². The number of fused-ring (bicyclic) bond motifs is 1. The number of anilines is 2. The van der Waals surface area contributed by atoms with Crippen molar-refractivity contribution in [2.45, 2.75) is 51.2 Å². The third-order valence-electron chi connectivity index (χ3n) is 6.96. The van der Waals surface area contributed by atoms with Gasteiger partial charge >= 0.3 is 6.18 Å². The lowest BCUT2D eigenvalue weighted by Gasteiger charge is -2.35. The van der Waals surface area contributed by atoms with Gasteiger partial charge in [0.15, 0.2) is 5.65 Å². The van der Waals surface area contributed by atoms with Crippen LogP contribution in [0.2, 0.25) is 0 Å². The predicted molar refractivity (Wildman–Crippen MR) is 133 cm³/mol. The number of aromatic nitrogens is 3. The van der Waals surface area contributed by atoms with Gasteiger partial charge in [0.2, 0.25) is 0 Å². The molecule has 3 heterocycles. The zero-order valence-corrected chi connectivity index (χ0v) is 20.9. The van der Waals surface area contributed by atoms with E-state index in [9.17, 15) is 18.0 Å². The highest BCUT2D eigenvalue weighted by Gasteiger charge is 2.44. The number of amides is 1. The Balaban J connectivity index is 1.38. The van der Waals surface area contributed by atoms with E-state index in [1.807, 2.05) is 18.2 Å². The summed E-state index contributed by atoms with van der Waals surface area (Å²) in [5, 5.41) is 7.55. The Morgan fingerprint density at radius 1 is 1.18 bits per heavy atom. The van der Waals surface area contributed by atoms with Gasteiger partial charge < -0.3 is 10.2 Å². The lowest BCUT2D eigenvalue weighted by molar-refractivity contribution is -0.142. The Bertz CT molecular complexity index is 1230. The first kappa shape index (κ1) is 23.4. The van der Waals surface area contributed by atoms with Crippen molar-refractivity contribution >= 4 is 51.0 Å². The third kappa shape index (κ3) is 4.87. The Morgan fingerprint density at radius 3 is 2.59 bits per heavy atom. The second kappa shape index (κ2) is 8.69. The molecule has 6 nitrogen and oxygen atoms in total. The van der Waals surface area contributed by atoms with Gasteiger partial charge in [-0.3, -0.25) is 4.79 Å². The number of pyridine rings is 1. The minimum atomic E-state index is -4.31. The Hall–Kier alpha value is -2.37. The largest absolute Gasteiger partial charge is 0.391 e. The average Bonchev–Trinajstić information content (AvgIpc) is 3.38. The van der Waals surface area contributed by atoms with Crippen LogP contribution in [0.1, 0.15) is 55.4 Å². The normalized spacial score (nSPS) is 18.3. The molecule has 0 radical (unpaired) electrons. The van der Waals surface area contributed by atoms with E-state index in [0.29, 0.717) is 22.0 Å². The number of carbonyl (C=O) groups excluding carboxylic acids is 1. The number of piperidine rings is 1. The summed E-state index contributed by atoms with van der Waals surface area (Å²) in [5.74, 6) is -0.0158. The van der Waals surface area contributed by atoms with Gasteiger partial charge in [-0.15, -0.1) is 0 Å². The molecular weight excluding hydrogens is 558 g/mol. The number of hydrogen-bond donors (Lipinski definition) is 1. The van der Waals surface area contributed by atoms with Crippen molar-refractivity contribution < 1.29 is 18.0 Å². The third-order valence-corrected chi connectivity index (χ3v) is 7.63. The monoisotopic (exact) mass is 583 g/mol. The first-order valence-corrected chi connectivity index (χ1v) is 12.5. The van der Waals surface area contributed by atoms with E-state index in [4.69, 9.17) is 0 Å². The van der Waals surface area contributed by atoms with Crippen LogP contribution in [0.25, 0.3) is 11.0 Å². The topological polar surface area (TPSA) is 63.1 Å². The Morgan fingerprint density at radius 2 is 1.91 bits per heavy atom. The fourth-order valence-electron chi connectivity index (χ4n) is 4.78. The Labute approximate surface area is 209 Å². The van der Waals surface area contributed by atoms with Crippen LogP contribution < -0.4 is 10.2 Å². The molecule has 2 aromatic heterocycles. The number of halogens is 4. The number of hydrogen-bond acceptors (Lipinski definition) is 4. The summed E-state index contributed by atoms with van der Waals surface area (Å²) in [6, 6.07) is 8.19. The number of benzene rings is 1. The molecule has 1 amide bonds. The minimum absolute atomic E-state index is 0.276.